The number of nitrogens with one attached hydrogen (secondary N) is 1. The largest absolute Gasteiger partial charge is 0.355 e. The van der Waals surface area contributed by atoms with Gasteiger partial charge in [0.05, 0.1) is 18.1 Å². The summed E-state index contributed by atoms with van der Waals surface area (Å²) in [5, 5.41) is 2.59. The van der Waals surface area contributed by atoms with Crippen molar-refractivity contribution in [1.82, 2.24) is 15.1 Å². The summed E-state index contributed by atoms with van der Waals surface area (Å²) in [6, 6.07) is 7.05. The van der Waals surface area contributed by atoms with E-state index in [-0.39, 0.29) is 41.9 Å². The Morgan fingerprint density at radius 2 is 1.89 bits per heavy atom. The van der Waals surface area contributed by atoms with Crippen LogP contribution in [0.25, 0.3) is 0 Å². The van der Waals surface area contributed by atoms with Crippen molar-refractivity contribution in [3.8, 4) is 0 Å². The average molecular weight is 410 g/mol. The molecule has 1 aromatic rings. The van der Waals surface area contributed by atoms with Crippen LogP contribution < -0.4 is 5.32 Å². The van der Waals surface area contributed by atoms with Gasteiger partial charge >= 0.3 is 0 Å². The minimum atomic E-state index is -3.05. The number of amides is 2. The van der Waals surface area contributed by atoms with Crippen LogP contribution in [0.5, 0.6) is 0 Å². The molecule has 1 fully saturated rings. The molecule has 0 spiro atoms. The predicted octanol–water partition coefficient (Wildman–Crippen LogP) is 1.29. The highest BCUT2D eigenvalue weighted by atomic mass is 32.2. The third kappa shape index (κ3) is 5.78. The summed E-state index contributed by atoms with van der Waals surface area (Å²) in [6.45, 7) is 4.77. The summed E-state index contributed by atoms with van der Waals surface area (Å²) in [5.74, 6) is 0.0471. The number of nitrogens with zero attached hydrogens (tertiary/aromatic N) is 2. The summed E-state index contributed by atoms with van der Waals surface area (Å²) in [4.78, 5) is 28.3. The van der Waals surface area contributed by atoms with Gasteiger partial charge in [0.2, 0.25) is 5.91 Å². The van der Waals surface area contributed by atoms with Gasteiger partial charge in [-0.3, -0.25) is 14.5 Å². The number of hydrogen-bond acceptors (Lipinski definition) is 5. The summed E-state index contributed by atoms with van der Waals surface area (Å²) in [5.41, 5.74) is 1.59. The molecule has 2 atom stereocenters. The smallest absolute Gasteiger partial charge is 0.251 e. The van der Waals surface area contributed by atoms with E-state index in [1.165, 1.54) is 0 Å². The zero-order valence-electron chi connectivity index (χ0n) is 17.1. The highest BCUT2D eigenvalue weighted by Gasteiger charge is 2.36. The van der Waals surface area contributed by atoms with Crippen LogP contribution in [0.3, 0.4) is 0 Å². The van der Waals surface area contributed by atoms with Crippen molar-refractivity contribution in [3.63, 3.8) is 0 Å². The predicted molar refractivity (Wildman–Crippen MR) is 110 cm³/mol. The zero-order valence-corrected chi connectivity index (χ0v) is 18.0. The molecule has 0 aromatic heterocycles. The van der Waals surface area contributed by atoms with E-state index in [0.29, 0.717) is 18.5 Å². The Hall–Kier alpha value is -1.93. The molecule has 1 aliphatic heterocycles. The lowest BCUT2D eigenvalue weighted by molar-refractivity contribution is -0.136. The number of likely N-dealkylation sites (N-methyl/N-ethyl adjacent to an activating group) is 1. The Bertz CT molecular complexity index is 792. The minimum Gasteiger partial charge on any atom is -0.355 e. The number of carbonyl (C=O) groups excluding carboxylic acids is 2. The summed E-state index contributed by atoms with van der Waals surface area (Å²) in [6.07, 6.45) is 1.30. The minimum absolute atomic E-state index is 0.00559. The second-order valence-corrected chi connectivity index (χ2v) is 9.79. The molecule has 156 valence electrons. The van der Waals surface area contributed by atoms with E-state index in [0.717, 1.165) is 12.0 Å². The topological polar surface area (TPSA) is 86.8 Å². The first-order chi connectivity index (χ1) is 13.2. The van der Waals surface area contributed by atoms with E-state index in [1.54, 1.807) is 24.1 Å². The number of benzene rings is 1. The van der Waals surface area contributed by atoms with Gasteiger partial charge in [0, 0.05) is 31.2 Å². The fraction of sp³-hybridized carbons (Fsp3) is 0.600. The van der Waals surface area contributed by atoms with Gasteiger partial charge in [0.15, 0.2) is 9.84 Å². The Balaban J connectivity index is 2.01. The van der Waals surface area contributed by atoms with E-state index >= 15 is 0 Å². The van der Waals surface area contributed by atoms with E-state index in [1.807, 2.05) is 37.9 Å². The first-order valence-corrected chi connectivity index (χ1v) is 11.5. The molecule has 1 saturated heterocycles. The number of rotatable bonds is 8. The first-order valence-electron chi connectivity index (χ1n) is 9.68. The van der Waals surface area contributed by atoms with Crippen LogP contribution in [-0.2, 0) is 21.2 Å². The number of hydrogen-bond donors (Lipinski definition) is 1. The SMILES string of the molecule is CC[C@@H](C)N(C(=O)CN(C)Cc1ccc(C(=O)NC)cc1)[C@H]1CCS(=O)(=O)C1. The van der Waals surface area contributed by atoms with Crippen LogP contribution >= 0.6 is 0 Å². The van der Waals surface area contributed by atoms with Crippen LogP contribution in [0.1, 0.15) is 42.6 Å². The van der Waals surface area contributed by atoms with Gasteiger partial charge in [-0.1, -0.05) is 19.1 Å². The van der Waals surface area contributed by atoms with E-state index in [2.05, 4.69) is 5.32 Å². The standard InChI is InChI=1S/C20H31N3O4S/c1-5-15(2)23(18-10-11-28(26,27)14-18)19(24)13-22(4)12-16-6-8-17(9-7-16)20(25)21-3/h6-9,15,18H,5,10-14H2,1-4H3,(H,21,25)/t15-,18+/m1/s1. The molecular weight excluding hydrogens is 378 g/mol. The molecule has 7 nitrogen and oxygen atoms in total. The Morgan fingerprint density at radius 1 is 1.25 bits per heavy atom. The van der Waals surface area contributed by atoms with Gasteiger partial charge in [-0.2, -0.15) is 0 Å². The maximum Gasteiger partial charge on any atom is 0.251 e. The highest BCUT2D eigenvalue weighted by Crippen LogP contribution is 2.21. The van der Waals surface area contributed by atoms with Gasteiger partial charge in [0.1, 0.15) is 0 Å². The van der Waals surface area contributed by atoms with Gasteiger partial charge in [0.25, 0.3) is 5.91 Å². The lowest BCUT2D eigenvalue weighted by Crippen LogP contribution is -2.49. The monoisotopic (exact) mass is 409 g/mol. The van der Waals surface area contributed by atoms with Crippen LogP contribution in [0.2, 0.25) is 0 Å². The van der Waals surface area contributed by atoms with Crippen molar-refractivity contribution < 1.29 is 18.0 Å². The Labute approximate surface area is 168 Å². The van der Waals surface area contributed by atoms with Crippen molar-refractivity contribution in [2.24, 2.45) is 0 Å². The quantitative estimate of drug-likeness (QED) is 0.699. The van der Waals surface area contributed by atoms with Gasteiger partial charge in [-0.25, -0.2) is 8.42 Å². The molecule has 0 bridgehead atoms. The fourth-order valence-corrected chi connectivity index (χ4v) is 5.30. The highest BCUT2D eigenvalue weighted by molar-refractivity contribution is 7.91. The van der Waals surface area contributed by atoms with Crippen LogP contribution in [0.15, 0.2) is 24.3 Å². The molecule has 2 rings (SSSR count). The summed E-state index contributed by atoms with van der Waals surface area (Å²) in [7, 11) is 0.411. The zero-order chi connectivity index (χ0) is 20.9. The molecule has 28 heavy (non-hydrogen) atoms. The molecular formula is C20H31N3O4S. The van der Waals surface area contributed by atoms with Crippen molar-refractivity contribution >= 4 is 21.7 Å². The fourth-order valence-electron chi connectivity index (χ4n) is 3.59. The van der Waals surface area contributed by atoms with Crippen LogP contribution in [0, 0.1) is 0 Å². The van der Waals surface area contributed by atoms with Crippen molar-refractivity contribution in [2.45, 2.75) is 45.3 Å². The van der Waals surface area contributed by atoms with E-state index < -0.39 is 9.84 Å². The Morgan fingerprint density at radius 3 is 2.39 bits per heavy atom. The normalized spacial score (nSPS) is 19.4. The van der Waals surface area contributed by atoms with Crippen molar-refractivity contribution in [3.05, 3.63) is 35.4 Å². The molecule has 1 heterocycles. The molecule has 8 heteroatoms. The lowest BCUT2D eigenvalue weighted by atomic mass is 10.1. The Kier molecular flexibility index (Phi) is 7.60. The average Bonchev–Trinajstić information content (AvgIpc) is 3.00. The second-order valence-electron chi connectivity index (χ2n) is 7.56. The van der Waals surface area contributed by atoms with Gasteiger partial charge in [-0.15, -0.1) is 0 Å². The maximum absolute atomic E-state index is 13.0. The van der Waals surface area contributed by atoms with E-state index in [4.69, 9.17) is 0 Å². The van der Waals surface area contributed by atoms with Crippen LogP contribution in [-0.4, -0.2) is 74.3 Å². The number of carbonyl (C=O) groups is 2. The maximum atomic E-state index is 13.0. The second kappa shape index (κ2) is 9.52. The molecule has 0 saturated carbocycles. The molecule has 2 amide bonds. The van der Waals surface area contributed by atoms with Crippen molar-refractivity contribution in [1.29, 1.82) is 0 Å². The molecule has 0 radical (unpaired) electrons. The lowest BCUT2D eigenvalue weighted by Gasteiger charge is -2.35. The summed E-state index contributed by atoms with van der Waals surface area (Å²) >= 11 is 0. The third-order valence-corrected chi connectivity index (χ3v) is 7.01. The van der Waals surface area contributed by atoms with Gasteiger partial charge < -0.3 is 10.2 Å². The molecule has 0 unspecified atom stereocenters. The van der Waals surface area contributed by atoms with Crippen molar-refractivity contribution in [2.75, 3.05) is 32.1 Å². The molecule has 1 aromatic carbocycles. The van der Waals surface area contributed by atoms with E-state index in [9.17, 15) is 18.0 Å². The third-order valence-electron chi connectivity index (χ3n) is 5.26. The molecule has 1 aliphatic rings. The van der Waals surface area contributed by atoms with Crippen LogP contribution in [0.4, 0.5) is 0 Å². The summed E-state index contributed by atoms with van der Waals surface area (Å²) < 4.78 is 23.7. The number of sulfone groups is 1. The molecule has 0 aliphatic carbocycles. The first kappa shape index (κ1) is 22.4. The molecule has 1 N–H and O–H groups in total. The van der Waals surface area contributed by atoms with Gasteiger partial charge in [-0.05, 0) is 44.5 Å².